The number of nitrogens with zero attached hydrogens (tertiary/aromatic N) is 3. The van der Waals surface area contributed by atoms with Crippen molar-refractivity contribution in [2.45, 2.75) is 53.0 Å². The van der Waals surface area contributed by atoms with E-state index >= 15 is 0 Å². The van der Waals surface area contributed by atoms with E-state index in [1.807, 2.05) is 56.5 Å². The second-order valence-electron chi connectivity index (χ2n) is 7.46. The van der Waals surface area contributed by atoms with Gasteiger partial charge in [-0.1, -0.05) is 12.1 Å². The minimum atomic E-state index is -0.0544. The van der Waals surface area contributed by atoms with Crippen molar-refractivity contribution >= 4 is 11.6 Å². The Morgan fingerprint density at radius 1 is 1.19 bits per heavy atom. The number of benzene rings is 1. The van der Waals surface area contributed by atoms with Crippen LogP contribution in [0.2, 0.25) is 0 Å². The average molecular weight is 364 g/mol. The van der Waals surface area contributed by atoms with Gasteiger partial charge >= 0.3 is 0 Å². The highest BCUT2D eigenvalue weighted by atomic mass is 16.4. The highest BCUT2D eigenvalue weighted by Crippen LogP contribution is 2.40. The van der Waals surface area contributed by atoms with Crippen LogP contribution < -0.4 is 5.32 Å². The first-order valence-corrected chi connectivity index (χ1v) is 9.30. The van der Waals surface area contributed by atoms with Crippen LogP contribution in [-0.4, -0.2) is 20.7 Å². The topological polar surface area (TPSA) is 73.0 Å². The fourth-order valence-corrected chi connectivity index (χ4v) is 3.30. The molecular formula is C21H24N4O2. The smallest absolute Gasteiger partial charge is 0.249 e. The first-order valence-electron chi connectivity index (χ1n) is 9.30. The number of hydrogen-bond acceptors (Lipinski definition) is 4. The van der Waals surface area contributed by atoms with Crippen molar-refractivity contribution in [3.8, 4) is 11.5 Å². The summed E-state index contributed by atoms with van der Waals surface area (Å²) in [4.78, 5) is 12.6. The summed E-state index contributed by atoms with van der Waals surface area (Å²) in [5.74, 6) is 1.63. The van der Waals surface area contributed by atoms with Gasteiger partial charge in [0.1, 0.15) is 6.54 Å². The predicted molar refractivity (Wildman–Crippen MR) is 104 cm³/mol. The van der Waals surface area contributed by atoms with Gasteiger partial charge in [0.15, 0.2) is 0 Å². The van der Waals surface area contributed by atoms with Gasteiger partial charge in [-0.25, -0.2) is 0 Å². The number of carbonyl (C=O) groups is 1. The van der Waals surface area contributed by atoms with Gasteiger partial charge in [0.2, 0.25) is 17.7 Å². The maximum atomic E-state index is 12.6. The Balaban J connectivity index is 1.54. The molecule has 0 spiro atoms. The quantitative estimate of drug-likeness (QED) is 0.733. The van der Waals surface area contributed by atoms with Crippen molar-refractivity contribution in [2.24, 2.45) is 0 Å². The molecule has 1 aromatic carbocycles. The third-order valence-corrected chi connectivity index (χ3v) is 5.14. The number of nitrogens with one attached hydrogen (secondary N) is 1. The van der Waals surface area contributed by atoms with Crippen LogP contribution in [0.1, 0.15) is 47.2 Å². The maximum Gasteiger partial charge on any atom is 0.249 e. The van der Waals surface area contributed by atoms with Crippen LogP contribution in [0.4, 0.5) is 5.69 Å². The number of hydrogen-bond donors (Lipinski definition) is 1. The lowest BCUT2D eigenvalue weighted by molar-refractivity contribution is -0.116. The van der Waals surface area contributed by atoms with Crippen molar-refractivity contribution < 1.29 is 9.21 Å². The minimum absolute atomic E-state index is 0.0544. The first-order chi connectivity index (χ1) is 12.9. The van der Waals surface area contributed by atoms with Gasteiger partial charge in [-0.15, -0.1) is 10.2 Å². The van der Waals surface area contributed by atoms with Crippen LogP contribution in [0.5, 0.6) is 0 Å². The van der Waals surface area contributed by atoms with Crippen molar-refractivity contribution in [3.63, 3.8) is 0 Å². The summed E-state index contributed by atoms with van der Waals surface area (Å²) in [6.07, 6.45) is 2.25. The summed E-state index contributed by atoms with van der Waals surface area (Å²) < 4.78 is 7.82. The van der Waals surface area contributed by atoms with E-state index in [9.17, 15) is 4.79 Å². The van der Waals surface area contributed by atoms with Crippen LogP contribution in [-0.2, 0) is 11.3 Å². The van der Waals surface area contributed by atoms with Crippen LogP contribution in [0.15, 0.2) is 28.7 Å². The number of carbonyl (C=O) groups excluding carboxylic acids is 1. The van der Waals surface area contributed by atoms with E-state index in [0.29, 0.717) is 11.8 Å². The summed E-state index contributed by atoms with van der Waals surface area (Å²) in [7, 11) is 0. The van der Waals surface area contributed by atoms with Gasteiger partial charge in [-0.3, -0.25) is 4.79 Å². The molecule has 3 aromatic rings. The lowest BCUT2D eigenvalue weighted by Crippen LogP contribution is -2.20. The minimum Gasteiger partial charge on any atom is -0.420 e. The Morgan fingerprint density at radius 3 is 2.70 bits per heavy atom. The van der Waals surface area contributed by atoms with E-state index in [2.05, 4.69) is 15.5 Å². The lowest BCUT2D eigenvalue weighted by atomic mass is 10.1. The molecule has 0 atom stereocenters. The summed E-state index contributed by atoms with van der Waals surface area (Å²) >= 11 is 0. The Hall–Kier alpha value is -2.89. The number of rotatable bonds is 5. The molecule has 140 valence electrons. The molecule has 0 aliphatic heterocycles. The fraction of sp³-hybridized carbons (Fsp3) is 0.381. The molecule has 1 aliphatic carbocycles. The van der Waals surface area contributed by atoms with Gasteiger partial charge < -0.3 is 14.3 Å². The maximum absolute atomic E-state index is 12.6. The molecule has 1 amide bonds. The lowest BCUT2D eigenvalue weighted by Gasteiger charge is -2.12. The molecule has 27 heavy (non-hydrogen) atoms. The second-order valence-corrected chi connectivity index (χ2v) is 7.46. The number of amides is 1. The van der Waals surface area contributed by atoms with Crippen LogP contribution in [0.3, 0.4) is 0 Å². The summed E-state index contributed by atoms with van der Waals surface area (Å²) in [5.41, 5.74) is 5.86. The Labute approximate surface area is 158 Å². The highest BCUT2D eigenvalue weighted by Gasteiger charge is 2.30. The monoisotopic (exact) mass is 364 g/mol. The Morgan fingerprint density at radius 2 is 1.96 bits per heavy atom. The van der Waals surface area contributed by atoms with Crippen molar-refractivity contribution in [2.75, 3.05) is 5.32 Å². The van der Waals surface area contributed by atoms with Gasteiger partial charge in [-0.05, 0) is 63.8 Å². The first kappa shape index (κ1) is 17.5. The zero-order valence-corrected chi connectivity index (χ0v) is 16.2. The van der Waals surface area contributed by atoms with Crippen molar-refractivity contribution in [3.05, 3.63) is 52.7 Å². The molecule has 0 saturated heterocycles. The van der Waals surface area contributed by atoms with Crippen LogP contribution in [0, 0.1) is 27.7 Å². The molecule has 0 radical (unpaired) electrons. The molecule has 1 saturated carbocycles. The number of aromatic nitrogens is 3. The standard InChI is InChI=1S/C21H24N4O2/c1-12-5-6-13(2)18(9-12)22-19(26)11-25-14(3)10-17(15(25)4)21-24-23-20(27-21)16-7-8-16/h5-6,9-10,16H,7-8,11H2,1-4H3,(H,22,26). The molecule has 2 aromatic heterocycles. The van der Waals surface area contributed by atoms with E-state index in [0.717, 1.165) is 52.5 Å². The third kappa shape index (κ3) is 3.52. The number of aryl methyl sites for hydroxylation is 3. The summed E-state index contributed by atoms with van der Waals surface area (Å²) in [6.45, 7) is 8.22. The number of anilines is 1. The third-order valence-electron chi connectivity index (χ3n) is 5.14. The van der Waals surface area contributed by atoms with Gasteiger partial charge in [0.25, 0.3) is 0 Å². The largest absolute Gasteiger partial charge is 0.420 e. The fourth-order valence-electron chi connectivity index (χ4n) is 3.30. The highest BCUT2D eigenvalue weighted by molar-refractivity contribution is 5.91. The van der Waals surface area contributed by atoms with Crippen molar-refractivity contribution in [1.29, 1.82) is 0 Å². The molecule has 1 aliphatic rings. The molecule has 1 fully saturated rings. The molecule has 2 heterocycles. The molecule has 4 rings (SSSR count). The Bertz CT molecular complexity index is 1010. The molecule has 1 N–H and O–H groups in total. The Kier molecular flexibility index (Phi) is 4.34. The molecule has 0 bridgehead atoms. The van der Waals surface area contributed by atoms with E-state index in [1.165, 1.54) is 0 Å². The van der Waals surface area contributed by atoms with E-state index in [1.54, 1.807) is 0 Å². The predicted octanol–water partition coefficient (Wildman–Crippen LogP) is 4.29. The summed E-state index contributed by atoms with van der Waals surface area (Å²) in [6, 6.07) is 8.05. The molecular weight excluding hydrogens is 340 g/mol. The van der Waals surface area contributed by atoms with E-state index < -0.39 is 0 Å². The van der Waals surface area contributed by atoms with Crippen LogP contribution >= 0.6 is 0 Å². The zero-order chi connectivity index (χ0) is 19.1. The van der Waals surface area contributed by atoms with E-state index in [4.69, 9.17) is 4.42 Å². The van der Waals surface area contributed by atoms with Gasteiger partial charge in [-0.2, -0.15) is 0 Å². The molecule has 6 heteroatoms. The van der Waals surface area contributed by atoms with Crippen molar-refractivity contribution in [1.82, 2.24) is 14.8 Å². The SMILES string of the molecule is Cc1ccc(C)c(NC(=O)Cn2c(C)cc(-c3nnc(C4CC4)o3)c2C)c1. The zero-order valence-electron chi connectivity index (χ0n) is 16.2. The molecule has 0 unspecified atom stereocenters. The normalized spacial score (nSPS) is 13.8. The van der Waals surface area contributed by atoms with Crippen LogP contribution in [0.25, 0.3) is 11.5 Å². The molecule has 6 nitrogen and oxygen atoms in total. The average Bonchev–Trinajstić information content (AvgIpc) is 3.30. The van der Waals surface area contributed by atoms with Gasteiger partial charge in [0, 0.05) is 23.0 Å². The van der Waals surface area contributed by atoms with Gasteiger partial charge in [0.05, 0.1) is 5.56 Å². The van der Waals surface area contributed by atoms with E-state index in [-0.39, 0.29) is 12.5 Å². The summed E-state index contributed by atoms with van der Waals surface area (Å²) in [5, 5.41) is 11.4. The second kappa shape index (κ2) is 6.68.